The van der Waals surface area contributed by atoms with Crippen LogP contribution >= 0.6 is 22.6 Å². The van der Waals surface area contributed by atoms with E-state index >= 15 is 0 Å². The molecule has 0 saturated carbocycles. The number of rotatable bonds is 4. The molecular weight excluding hydrogens is 375 g/mol. The van der Waals surface area contributed by atoms with Crippen molar-refractivity contribution in [3.63, 3.8) is 0 Å². The quantitative estimate of drug-likeness (QED) is 0.788. The van der Waals surface area contributed by atoms with Crippen molar-refractivity contribution in [2.24, 2.45) is 0 Å². The Labute approximate surface area is 128 Å². The largest absolute Gasteiger partial charge is 0.476 e. The molecular formula is C13H11IN2O4. The Kier molecular flexibility index (Phi) is 4.07. The number of nitrogens with zero attached hydrogens (tertiary/aromatic N) is 2. The van der Waals surface area contributed by atoms with Crippen LogP contribution in [0.5, 0.6) is 0 Å². The van der Waals surface area contributed by atoms with Gasteiger partial charge in [-0.3, -0.25) is 0 Å². The molecule has 7 heteroatoms. The first-order chi connectivity index (χ1) is 9.41. The van der Waals surface area contributed by atoms with Gasteiger partial charge in [0.05, 0.1) is 12.4 Å². The van der Waals surface area contributed by atoms with Crippen LogP contribution < -0.4 is 0 Å². The van der Waals surface area contributed by atoms with Crippen molar-refractivity contribution in [2.45, 2.75) is 13.0 Å². The first-order valence-corrected chi connectivity index (χ1v) is 6.78. The van der Waals surface area contributed by atoms with Gasteiger partial charge >= 0.3 is 11.9 Å². The van der Waals surface area contributed by atoms with Crippen molar-refractivity contribution in [1.82, 2.24) is 9.55 Å². The normalized spacial score (nSPS) is 12.1. The summed E-state index contributed by atoms with van der Waals surface area (Å²) in [5, 5.41) is 18.2. The van der Waals surface area contributed by atoms with Gasteiger partial charge in [-0.15, -0.1) is 0 Å². The lowest BCUT2D eigenvalue weighted by Gasteiger charge is -2.15. The van der Waals surface area contributed by atoms with Crippen LogP contribution in [0.2, 0.25) is 0 Å². The van der Waals surface area contributed by atoms with Crippen LogP contribution in [0.15, 0.2) is 30.6 Å². The van der Waals surface area contributed by atoms with Crippen molar-refractivity contribution >= 4 is 34.5 Å². The highest BCUT2D eigenvalue weighted by atomic mass is 127. The van der Waals surface area contributed by atoms with E-state index in [9.17, 15) is 14.7 Å². The van der Waals surface area contributed by atoms with E-state index in [1.807, 2.05) is 24.3 Å². The van der Waals surface area contributed by atoms with E-state index in [0.29, 0.717) is 0 Å². The summed E-state index contributed by atoms with van der Waals surface area (Å²) in [6.07, 6.45) is 1.25. The summed E-state index contributed by atoms with van der Waals surface area (Å²) in [7, 11) is 0. The average molecular weight is 386 g/mol. The fraction of sp³-hybridized carbons (Fsp3) is 0.154. The number of aromatic carboxylic acids is 2. The summed E-state index contributed by atoms with van der Waals surface area (Å²) in [5.74, 6) is -2.66. The van der Waals surface area contributed by atoms with Gasteiger partial charge in [-0.25, -0.2) is 14.6 Å². The Hall–Kier alpha value is -1.90. The van der Waals surface area contributed by atoms with Gasteiger partial charge in [0.2, 0.25) is 0 Å². The van der Waals surface area contributed by atoms with Crippen LogP contribution in [0, 0.1) is 3.57 Å². The molecule has 0 fully saturated rings. The molecule has 0 radical (unpaired) electrons. The summed E-state index contributed by atoms with van der Waals surface area (Å²) >= 11 is 2.17. The highest BCUT2D eigenvalue weighted by Gasteiger charge is 2.25. The molecule has 2 aromatic rings. The number of carboxylic acid groups (broad SMARTS) is 2. The maximum Gasteiger partial charge on any atom is 0.357 e. The van der Waals surface area contributed by atoms with Gasteiger partial charge in [-0.2, -0.15) is 0 Å². The summed E-state index contributed by atoms with van der Waals surface area (Å²) in [6, 6.07) is 7.24. The lowest BCUT2D eigenvalue weighted by atomic mass is 10.1. The number of benzene rings is 1. The Bertz CT molecular complexity index is 664. The van der Waals surface area contributed by atoms with E-state index < -0.39 is 17.6 Å². The van der Waals surface area contributed by atoms with Crippen molar-refractivity contribution in [3.05, 3.63) is 51.1 Å². The zero-order chi connectivity index (χ0) is 14.9. The average Bonchev–Trinajstić information content (AvgIpc) is 2.83. The zero-order valence-electron chi connectivity index (χ0n) is 10.4. The molecule has 20 heavy (non-hydrogen) atoms. The Morgan fingerprint density at radius 2 is 1.80 bits per heavy atom. The lowest BCUT2D eigenvalue weighted by Crippen LogP contribution is -2.16. The third kappa shape index (κ3) is 2.67. The van der Waals surface area contributed by atoms with Crippen LogP contribution in [0.1, 0.15) is 39.5 Å². The Balaban J connectivity index is 2.49. The van der Waals surface area contributed by atoms with Crippen LogP contribution in [-0.2, 0) is 0 Å². The number of halogens is 1. The van der Waals surface area contributed by atoms with Gasteiger partial charge in [-0.05, 0) is 47.2 Å². The molecule has 104 valence electrons. The minimum atomic E-state index is -1.35. The van der Waals surface area contributed by atoms with Gasteiger partial charge < -0.3 is 14.8 Å². The van der Waals surface area contributed by atoms with Crippen molar-refractivity contribution in [2.75, 3.05) is 0 Å². The van der Waals surface area contributed by atoms with Crippen LogP contribution in [0.25, 0.3) is 0 Å². The van der Waals surface area contributed by atoms with Crippen LogP contribution in [-0.4, -0.2) is 31.7 Å². The van der Waals surface area contributed by atoms with Gasteiger partial charge in [0.25, 0.3) is 0 Å². The van der Waals surface area contributed by atoms with E-state index in [4.69, 9.17) is 5.11 Å². The molecule has 6 nitrogen and oxygen atoms in total. The third-order valence-electron chi connectivity index (χ3n) is 2.97. The molecule has 1 aromatic heterocycles. The predicted molar refractivity (Wildman–Crippen MR) is 79.1 cm³/mol. The molecule has 0 bridgehead atoms. The van der Waals surface area contributed by atoms with Gasteiger partial charge in [0.15, 0.2) is 11.4 Å². The topological polar surface area (TPSA) is 92.4 Å². The molecule has 0 aliphatic heterocycles. The minimum Gasteiger partial charge on any atom is -0.476 e. The molecule has 1 aromatic carbocycles. The molecule has 0 aliphatic rings. The predicted octanol–water partition coefficient (Wildman–Crippen LogP) is 2.49. The SMILES string of the molecule is CC(c1ccc(I)cc1)n1cnc(C(=O)O)c1C(=O)O. The standard InChI is InChI=1S/C13H11IN2O4/c1-7(8-2-4-9(14)5-3-8)16-6-15-10(12(17)18)11(16)13(19)20/h2-7H,1H3,(H,17,18)(H,19,20). The number of hydrogen-bond donors (Lipinski definition) is 2. The second-order valence-corrected chi connectivity index (χ2v) is 5.43. The molecule has 1 heterocycles. The lowest BCUT2D eigenvalue weighted by molar-refractivity contribution is 0.0639. The summed E-state index contributed by atoms with van der Waals surface area (Å²) in [4.78, 5) is 26.0. The second-order valence-electron chi connectivity index (χ2n) is 4.19. The van der Waals surface area contributed by atoms with Crippen molar-refractivity contribution < 1.29 is 19.8 Å². The smallest absolute Gasteiger partial charge is 0.357 e. The number of hydrogen-bond acceptors (Lipinski definition) is 3. The number of carbonyl (C=O) groups is 2. The monoisotopic (exact) mass is 386 g/mol. The molecule has 0 aliphatic carbocycles. The Morgan fingerprint density at radius 1 is 1.20 bits per heavy atom. The molecule has 0 saturated heterocycles. The fourth-order valence-electron chi connectivity index (χ4n) is 1.92. The highest BCUT2D eigenvalue weighted by molar-refractivity contribution is 14.1. The van der Waals surface area contributed by atoms with Crippen LogP contribution in [0.4, 0.5) is 0 Å². The molecule has 0 amide bonds. The molecule has 1 atom stereocenters. The number of carboxylic acids is 2. The van der Waals surface area contributed by atoms with Gasteiger partial charge in [0, 0.05) is 3.57 Å². The van der Waals surface area contributed by atoms with E-state index in [1.54, 1.807) is 6.92 Å². The van der Waals surface area contributed by atoms with Gasteiger partial charge in [0.1, 0.15) is 0 Å². The maximum absolute atomic E-state index is 11.3. The maximum atomic E-state index is 11.3. The number of imidazole rings is 1. The highest BCUT2D eigenvalue weighted by Crippen LogP contribution is 2.22. The minimum absolute atomic E-state index is 0.316. The summed E-state index contributed by atoms with van der Waals surface area (Å²) < 4.78 is 2.42. The summed E-state index contributed by atoms with van der Waals surface area (Å²) in [5.41, 5.74) is 0.112. The van der Waals surface area contributed by atoms with Crippen molar-refractivity contribution in [3.8, 4) is 0 Å². The molecule has 2 rings (SSSR count). The fourth-order valence-corrected chi connectivity index (χ4v) is 2.28. The van der Waals surface area contributed by atoms with Gasteiger partial charge in [-0.1, -0.05) is 12.1 Å². The molecule has 0 spiro atoms. The molecule has 1 unspecified atom stereocenters. The first-order valence-electron chi connectivity index (χ1n) is 5.70. The van der Waals surface area contributed by atoms with Crippen LogP contribution in [0.3, 0.4) is 0 Å². The third-order valence-corrected chi connectivity index (χ3v) is 3.69. The first kappa shape index (κ1) is 14.5. The van der Waals surface area contributed by atoms with E-state index in [2.05, 4.69) is 27.6 Å². The summed E-state index contributed by atoms with van der Waals surface area (Å²) in [6.45, 7) is 1.79. The van der Waals surface area contributed by atoms with Crippen molar-refractivity contribution in [1.29, 1.82) is 0 Å². The molecule has 2 N–H and O–H groups in total. The van der Waals surface area contributed by atoms with E-state index in [0.717, 1.165) is 9.13 Å². The Morgan fingerprint density at radius 3 is 2.30 bits per heavy atom. The van der Waals surface area contributed by atoms with E-state index in [-0.39, 0.29) is 11.7 Å². The van der Waals surface area contributed by atoms with E-state index in [1.165, 1.54) is 10.9 Å². The second kappa shape index (κ2) is 5.61. The number of aromatic nitrogens is 2. The zero-order valence-corrected chi connectivity index (χ0v) is 12.6.